The van der Waals surface area contributed by atoms with E-state index >= 15 is 0 Å². The van der Waals surface area contributed by atoms with Crippen LogP contribution >= 0.6 is 0 Å². The first-order valence-electron chi connectivity index (χ1n) is 6.42. The maximum atomic E-state index is 10.7. The second kappa shape index (κ2) is 5.02. The lowest BCUT2D eigenvalue weighted by Crippen LogP contribution is -2.03. The summed E-state index contributed by atoms with van der Waals surface area (Å²) >= 11 is 0. The molecule has 0 saturated carbocycles. The van der Waals surface area contributed by atoms with Crippen molar-refractivity contribution in [1.82, 2.24) is 19.5 Å². The molecule has 0 aliphatic carbocycles. The molecule has 0 aliphatic heterocycles. The third-order valence-electron chi connectivity index (χ3n) is 3.07. The summed E-state index contributed by atoms with van der Waals surface area (Å²) in [5, 5.41) is 18.7. The Hall–Kier alpha value is -3.10. The molecule has 0 radical (unpaired) electrons. The molecule has 0 saturated heterocycles. The van der Waals surface area contributed by atoms with Crippen LogP contribution in [0, 0.1) is 6.92 Å². The Morgan fingerprint density at radius 3 is 2.77 bits per heavy atom. The molecule has 3 heterocycles. The minimum Gasteiger partial charge on any atom is -0.481 e. The van der Waals surface area contributed by atoms with Crippen molar-refractivity contribution in [3.05, 3.63) is 29.5 Å². The molecular formula is C13H13N5O4. The molecule has 0 aliphatic rings. The van der Waals surface area contributed by atoms with Gasteiger partial charge >= 0.3 is 5.97 Å². The smallest absolute Gasteiger partial charge is 0.311 e. The normalized spacial score (nSPS) is 11.1. The van der Waals surface area contributed by atoms with Crippen molar-refractivity contribution in [2.45, 2.75) is 19.9 Å². The summed E-state index contributed by atoms with van der Waals surface area (Å²) in [6.45, 7) is 1.83. The molecule has 0 aromatic carbocycles. The van der Waals surface area contributed by atoms with E-state index in [4.69, 9.17) is 15.3 Å². The fraction of sp³-hybridized carbons (Fsp3) is 0.231. The monoisotopic (exact) mass is 303 g/mol. The van der Waals surface area contributed by atoms with E-state index in [9.17, 15) is 9.90 Å². The van der Waals surface area contributed by atoms with E-state index in [1.165, 1.54) is 4.57 Å². The number of anilines is 1. The molecule has 0 fully saturated rings. The first-order chi connectivity index (χ1) is 10.4. The van der Waals surface area contributed by atoms with Crippen LogP contribution in [0.3, 0.4) is 0 Å². The number of hydrogen-bond donors (Lipinski definition) is 3. The van der Waals surface area contributed by atoms with Crippen LogP contribution in [0.5, 0.6) is 6.01 Å². The summed E-state index contributed by atoms with van der Waals surface area (Å²) in [5.74, 6) is 0.463. The highest BCUT2D eigenvalue weighted by Crippen LogP contribution is 2.24. The van der Waals surface area contributed by atoms with E-state index in [2.05, 4.69) is 15.0 Å². The molecule has 22 heavy (non-hydrogen) atoms. The van der Waals surface area contributed by atoms with E-state index in [0.29, 0.717) is 28.5 Å². The van der Waals surface area contributed by atoms with Gasteiger partial charge in [0.25, 0.3) is 6.01 Å². The van der Waals surface area contributed by atoms with E-state index in [-0.39, 0.29) is 24.8 Å². The summed E-state index contributed by atoms with van der Waals surface area (Å²) in [6, 6.07) is 2.95. The number of carbonyl (C=O) groups is 1. The number of furan rings is 1. The lowest BCUT2D eigenvalue weighted by atomic mass is 10.3. The van der Waals surface area contributed by atoms with Crippen LogP contribution in [0.25, 0.3) is 11.2 Å². The van der Waals surface area contributed by atoms with Crippen LogP contribution in [0.1, 0.15) is 17.3 Å². The number of hydrogen-bond acceptors (Lipinski definition) is 7. The zero-order valence-corrected chi connectivity index (χ0v) is 11.6. The number of carboxylic acids is 1. The van der Waals surface area contributed by atoms with Gasteiger partial charge in [-0.15, -0.1) is 0 Å². The van der Waals surface area contributed by atoms with Gasteiger partial charge in [0.15, 0.2) is 17.0 Å². The highest BCUT2D eigenvalue weighted by Gasteiger charge is 2.17. The van der Waals surface area contributed by atoms with Gasteiger partial charge in [0.2, 0.25) is 0 Å². The van der Waals surface area contributed by atoms with Gasteiger partial charge in [-0.3, -0.25) is 9.36 Å². The number of aromatic hydroxyl groups is 1. The number of rotatable bonds is 4. The second-order valence-electron chi connectivity index (χ2n) is 4.76. The predicted molar refractivity (Wildman–Crippen MR) is 75.3 cm³/mol. The van der Waals surface area contributed by atoms with Gasteiger partial charge in [0, 0.05) is 0 Å². The molecule has 114 valence electrons. The van der Waals surface area contributed by atoms with E-state index in [1.807, 2.05) is 0 Å². The number of carboxylic acid groups (broad SMARTS) is 1. The fourth-order valence-corrected chi connectivity index (χ4v) is 2.18. The SMILES string of the molecule is Cc1nc(N)c2nc(O)n(Cc3ccc(CC(=O)O)o3)c2n1. The van der Waals surface area contributed by atoms with Crippen molar-refractivity contribution in [1.29, 1.82) is 0 Å². The van der Waals surface area contributed by atoms with Gasteiger partial charge in [-0.1, -0.05) is 0 Å². The molecular weight excluding hydrogens is 290 g/mol. The summed E-state index contributed by atoms with van der Waals surface area (Å²) in [6.07, 6.45) is -0.203. The third kappa shape index (κ3) is 2.43. The minimum atomic E-state index is -0.979. The average molecular weight is 303 g/mol. The van der Waals surface area contributed by atoms with Gasteiger partial charge in [0.1, 0.15) is 23.8 Å². The molecule has 0 spiro atoms. The quantitative estimate of drug-likeness (QED) is 0.639. The Balaban J connectivity index is 1.98. The van der Waals surface area contributed by atoms with Crippen molar-refractivity contribution in [3.63, 3.8) is 0 Å². The molecule has 0 unspecified atom stereocenters. The molecule has 9 nitrogen and oxygen atoms in total. The molecule has 0 bridgehead atoms. The zero-order chi connectivity index (χ0) is 15.9. The van der Waals surface area contributed by atoms with Crippen LogP contribution in [0.4, 0.5) is 5.82 Å². The molecule has 3 aromatic rings. The topological polar surface area (TPSA) is 140 Å². The number of nitrogen functional groups attached to an aromatic ring is 1. The van der Waals surface area contributed by atoms with Crippen molar-refractivity contribution in [2.75, 3.05) is 5.73 Å². The van der Waals surface area contributed by atoms with Crippen LogP contribution < -0.4 is 5.73 Å². The first-order valence-corrected chi connectivity index (χ1v) is 6.42. The van der Waals surface area contributed by atoms with Gasteiger partial charge < -0.3 is 20.4 Å². The molecule has 0 amide bonds. The maximum absolute atomic E-state index is 10.7. The molecule has 9 heteroatoms. The number of nitrogens with zero attached hydrogens (tertiary/aromatic N) is 4. The largest absolute Gasteiger partial charge is 0.481 e. The van der Waals surface area contributed by atoms with Crippen LogP contribution in [0.15, 0.2) is 16.5 Å². The van der Waals surface area contributed by atoms with E-state index in [1.54, 1.807) is 19.1 Å². The second-order valence-corrected chi connectivity index (χ2v) is 4.76. The lowest BCUT2D eigenvalue weighted by Gasteiger charge is -2.03. The van der Waals surface area contributed by atoms with Crippen LogP contribution in [0.2, 0.25) is 0 Å². The zero-order valence-electron chi connectivity index (χ0n) is 11.6. The molecule has 0 atom stereocenters. The van der Waals surface area contributed by atoms with Crippen molar-refractivity contribution < 1.29 is 19.4 Å². The van der Waals surface area contributed by atoms with Crippen LogP contribution in [-0.4, -0.2) is 35.7 Å². The van der Waals surface area contributed by atoms with Crippen molar-refractivity contribution in [3.8, 4) is 6.01 Å². The Bertz CT molecular complexity index is 867. The maximum Gasteiger partial charge on any atom is 0.311 e. The number of nitrogens with two attached hydrogens (primary N) is 1. The number of fused-ring (bicyclic) bond motifs is 1. The Morgan fingerprint density at radius 2 is 2.05 bits per heavy atom. The molecule has 3 rings (SSSR count). The van der Waals surface area contributed by atoms with E-state index < -0.39 is 5.97 Å². The van der Waals surface area contributed by atoms with Crippen molar-refractivity contribution >= 4 is 23.0 Å². The van der Waals surface area contributed by atoms with Crippen LogP contribution in [-0.2, 0) is 17.8 Å². The molecule has 3 aromatic heterocycles. The first kappa shape index (κ1) is 13.9. The average Bonchev–Trinajstić information content (AvgIpc) is 2.97. The van der Waals surface area contributed by atoms with Gasteiger partial charge in [0.05, 0.1) is 6.54 Å². The Morgan fingerprint density at radius 1 is 1.32 bits per heavy atom. The van der Waals surface area contributed by atoms with E-state index in [0.717, 1.165) is 0 Å². The number of aliphatic carboxylic acids is 1. The summed E-state index contributed by atoms with van der Waals surface area (Å²) in [4.78, 5) is 22.8. The Kier molecular flexibility index (Phi) is 3.17. The fourth-order valence-electron chi connectivity index (χ4n) is 2.18. The van der Waals surface area contributed by atoms with Gasteiger partial charge in [-0.2, -0.15) is 4.98 Å². The minimum absolute atomic E-state index is 0.151. The summed E-state index contributed by atoms with van der Waals surface area (Å²) in [7, 11) is 0. The standard InChI is InChI=1S/C13H13N5O4/c1-6-15-11(14)10-12(16-6)18(13(21)17-10)5-8-3-2-7(22-8)4-9(19)20/h2-3H,4-5H2,1H3,(H,17,21)(H,19,20)(H2,14,15,16). The molecule has 4 N–H and O–H groups in total. The Labute approximate surface area is 124 Å². The number of aryl methyl sites for hydroxylation is 1. The van der Waals surface area contributed by atoms with Gasteiger partial charge in [-0.25, -0.2) is 9.97 Å². The highest BCUT2D eigenvalue weighted by atomic mass is 16.4. The van der Waals surface area contributed by atoms with Gasteiger partial charge in [-0.05, 0) is 19.1 Å². The summed E-state index contributed by atoms with van der Waals surface area (Å²) in [5.41, 5.74) is 6.46. The highest BCUT2D eigenvalue weighted by molar-refractivity contribution is 5.82. The number of aromatic nitrogens is 4. The summed E-state index contributed by atoms with van der Waals surface area (Å²) < 4.78 is 6.84. The number of imidazole rings is 1. The lowest BCUT2D eigenvalue weighted by molar-refractivity contribution is -0.136. The predicted octanol–water partition coefficient (Wildman–Crippen LogP) is 0.691. The van der Waals surface area contributed by atoms with Crippen molar-refractivity contribution in [2.24, 2.45) is 0 Å². The third-order valence-corrected chi connectivity index (χ3v) is 3.07.